The predicted molar refractivity (Wildman–Crippen MR) is 84.6 cm³/mol. The number of aromatic nitrogens is 2. The Labute approximate surface area is 130 Å². The first-order valence-electron chi connectivity index (χ1n) is 7.25. The van der Waals surface area contributed by atoms with Crippen molar-refractivity contribution in [3.63, 3.8) is 0 Å². The third-order valence-corrected chi connectivity index (χ3v) is 3.63. The summed E-state index contributed by atoms with van der Waals surface area (Å²) in [4.78, 5) is 2.13. The summed E-state index contributed by atoms with van der Waals surface area (Å²) in [7, 11) is 4.10. The van der Waals surface area contributed by atoms with Gasteiger partial charge < -0.3 is 14.6 Å². The van der Waals surface area contributed by atoms with Crippen molar-refractivity contribution in [3.05, 3.63) is 41.1 Å². The molecule has 0 amide bonds. The minimum atomic E-state index is 0.000798. The lowest BCUT2D eigenvalue weighted by molar-refractivity contribution is 0.365. The van der Waals surface area contributed by atoms with Gasteiger partial charge in [0.15, 0.2) is 0 Å². The van der Waals surface area contributed by atoms with Crippen molar-refractivity contribution in [1.29, 1.82) is 0 Å². The molecule has 116 valence electrons. The van der Waals surface area contributed by atoms with E-state index in [1.807, 2.05) is 24.8 Å². The molecular weight excluding hydrogens is 288 g/mol. The monoisotopic (exact) mass is 310 g/mol. The van der Waals surface area contributed by atoms with E-state index in [0.29, 0.717) is 5.02 Å². The SMILES string of the molecule is CCCNC(c1ccoc1)c1c(Cl)cnn1CCN(C)C. The Balaban J connectivity index is 2.28. The first-order valence-corrected chi connectivity index (χ1v) is 7.62. The van der Waals surface area contributed by atoms with Gasteiger partial charge in [-0.05, 0) is 33.1 Å². The summed E-state index contributed by atoms with van der Waals surface area (Å²) < 4.78 is 7.21. The molecule has 0 saturated carbocycles. The van der Waals surface area contributed by atoms with Crippen LogP contribution in [0.1, 0.15) is 30.6 Å². The fourth-order valence-corrected chi connectivity index (χ4v) is 2.48. The molecule has 0 aromatic carbocycles. The zero-order valence-corrected chi connectivity index (χ0v) is 13.6. The molecule has 0 radical (unpaired) electrons. The van der Waals surface area contributed by atoms with Crippen LogP contribution < -0.4 is 5.32 Å². The van der Waals surface area contributed by atoms with Gasteiger partial charge in [0.05, 0.1) is 42.0 Å². The molecule has 2 aromatic heterocycles. The number of halogens is 1. The zero-order valence-electron chi connectivity index (χ0n) is 12.8. The smallest absolute Gasteiger partial charge is 0.0954 e. The minimum Gasteiger partial charge on any atom is -0.472 e. The summed E-state index contributed by atoms with van der Waals surface area (Å²) in [5, 5.41) is 8.62. The molecule has 0 aliphatic carbocycles. The standard InChI is InChI=1S/C15H23ClN4O/c1-4-6-17-14(12-5-9-21-11-12)15-13(16)10-18-20(15)8-7-19(2)3/h5,9-11,14,17H,4,6-8H2,1-3H3. The van der Waals surface area contributed by atoms with Gasteiger partial charge in [0, 0.05) is 12.1 Å². The average Bonchev–Trinajstić information content (AvgIpc) is 3.09. The fraction of sp³-hybridized carbons (Fsp3) is 0.533. The summed E-state index contributed by atoms with van der Waals surface area (Å²) in [5.41, 5.74) is 2.06. The maximum Gasteiger partial charge on any atom is 0.0954 e. The quantitative estimate of drug-likeness (QED) is 0.814. The van der Waals surface area contributed by atoms with E-state index in [4.69, 9.17) is 16.0 Å². The van der Waals surface area contributed by atoms with Crippen LogP contribution in [-0.2, 0) is 6.54 Å². The molecule has 0 spiro atoms. The van der Waals surface area contributed by atoms with Gasteiger partial charge in [0.2, 0.25) is 0 Å². The maximum atomic E-state index is 6.38. The van der Waals surface area contributed by atoms with Gasteiger partial charge in [-0.1, -0.05) is 18.5 Å². The molecule has 5 nitrogen and oxygen atoms in total. The van der Waals surface area contributed by atoms with Gasteiger partial charge in [-0.2, -0.15) is 5.10 Å². The van der Waals surface area contributed by atoms with Crippen LogP contribution in [0.25, 0.3) is 0 Å². The number of hydrogen-bond acceptors (Lipinski definition) is 4. The highest BCUT2D eigenvalue weighted by atomic mass is 35.5. The average molecular weight is 311 g/mol. The van der Waals surface area contributed by atoms with E-state index in [2.05, 4.69) is 22.2 Å². The molecule has 0 fully saturated rings. The lowest BCUT2D eigenvalue weighted by Gasteiger charge is -2.20. The van der Waals surface area contributed by atoms with E-state index < -0.39 is 0 Å². The van der Waals surface area contributed by atoms with Crippen molar-refractivity contribution >= 4 is 11.6 Å². The Kier molecular flexibility index (Phi) is 5.85. The second kappa shape index (κ2) is 7.64. The van der Waals surface area contributed by atoms with E-state index in [0.717, 1.165) is 37.3 Å². The zero-order chi connectivity index (χ0) is 15.2. The van der Waals surface area contributed by atoms with Crippen LogP contribution in [0.4, 0.5) is 0 Å². The lowest BCUT2D eigenvalue weighted by Crippen LogP contribution is -2.27. The summed E-state index contributed by atoms with van der Waals surface area (Å²) in [6.45, 7) is 4.77. The second-order valence-corrected chi connectivity index (χ2v) is 5.76. The van der Waals surface area contributed by atoms with Crippen molar-refractivity contribution in [2.24, 2.45) is 0 Å². The first kappa shape index (κ1) is 16.1. The Morgan fingerprint density at radius 3 is 2.90 bits per heavy atom. The number of rotatable bonds is 8. The van der Waals surface area contributed by atoms with Crippen molar-refractivity contribution in [2.75, 3.05) is 27.2 Å². The van der Waals surface area contributed by atoms with Crippen LogP contribution in [-0.4, -0.2) is 41.9 Å². The highest BCUT2D eigenvalue weighted by Gasteiger charge is 2.22. The van der Waals surface area contributed by atoms with Gasteiger partial charge in [0.1, 0.15) is 0 Å². The molecule has 0 aliphatic rings. The summed E-state index contributed by atoms with van der Waals surface area (Å²) >= 11 is 6.38. The normalized spacial score (nSPS) is 13.0. The van der Waals surface area contributed by atoms with Crippen molar-refractivity contribution in [3.8, 4) is 0 Å². The highest BCUT2D eigenvalue weighted by Crippen LogP contribution is 2.28. The number of furan rings is 1. The maximum absolute atomic E-state index is 6.38. The molecule has 2 heterocycles. The molecule has 1 atom stereocenters. The first-order chi connectivity index (χ1) is 10.1. The second-order valence-electron chi connectivity index (χ2n) is 5.35. The predicted octanol–water partition coefficient (Wildman–Crippen LogP) is 2.78. The lowest BCUT2D eigenvalue weighted by atomic mass is 10.1. The van der Waals surface area contributed by atoms with Crippen LogP contribution in [0.15, 0.2) is 29.2 Å². The topological polar surface area (TPSA) is 46.2 Å². The van der Waals surface area contributed by atoms with Gasteiger partial charge in [-0.25, -0.2) is 0 Å². The number of nitrogens with zero attached hydrogens (tertiary/aromatic N) is 3. The van der Waals surface area contributed by atoms with E-state index in [-0.39, 0.29) is 6.04 Å². The van der Waals surface area contributed by atoms with Crippen molar-refractivity contribution in [2.45, 2.75) is 25.9 Å². The van der Waals surface area contributed by atoms with Crippen LogP contribution in [0.3, 0.4) is 0 Å². The molecule has 21 heavy (non-hydrogen) atoms. The van der Waals surface area contributed by atoms with Gasteiger partial charge in [-0.3, -0.25) is 4.68 Å². The van der Waals surface area contributed by atoms with Gasteiger partial charge in [0.25, 0.3) is 0 Å². The van der Waals surface area contributed by atoms with Gasteiger partial charge >= 0.3 is 0 Å². The van der Waals surface area contributed by atoms with Crippen LogP contribution in [0.2, 0.25) is 5.02 Å². The van der Waals surface area contributed by atoms with Crippen LogP contribution in [0.5, 0.6) is 0 Å². The molecule has 0 saturated heterocycles. The molecule has 1 N–H and O–H groups in total. The molecule has 2 aromatic rings. The Morgan fingerprint density at radius 1 is 1.48 bits per heavy atom. The number of likely N-dealkylation sites (N-methyl/N-ethyl adjacent to an activating group) is 1. The molecule has 6 heteroatoms. The summed E-state index contributed by atoms with van der Waals surface area (Å²) in [6, 6.07) is 1.97. The molecular formula is C15H23ClN4O. The summed E-state index contributed by atoms with van der Waals surface area (Å²) in [5.74, 6) is 0. The summed E-state index contributed by atoms with van der Waals surface area (Å²) in [6.07, 6.45) is 6.21. The van der Waals surface area contributed by atoms with Crippen molar-refractivity contribution in [1.82, 2.24) is 20.0 Å². The number of nitrogens with one attached hydrogen (secondary N) is 1. The Hall–Kier alpha value is -1.30. The van der Waals surface area contributed by atoms with Crippen LogP contribution in [0, 0.1) is 0 Å². The molecule has 2 rings (SSSR count). The van der Waals surface area contributed by atoms with Crippen molar-refractivity contribution < 1.29 is 4.42 Å². The Morgan fingerprint density at radius 2 is 2.29 bits per heavy atom. The van der Waals surface area contributed by atoms with E-state index in [1.54, 1.807) is 18.7 Å². The van der Waals surface area contributed by atoms with Gasteiger partial charge in [-0.15, -0.1) is 0 Å². The third-order valence-electron chi connectivity index (χ3n) is 3.34. The van der Waals surface area contributed by atoms with Crippen LogP contribution >= 0.6 is 11.6 Å². The third kappa shape index (κ3) is 4.09. The largest absolute Gasteiger partial charge is 0.472 e. The molecule has 0 aliphatic heterocycles. The van der Waals surface area contributed by atoms with E-state index in [1.165, 1.54) is 0 Å². The Bertz CT molecular complexity index is 536. The van der Waals surface area contributed by atoms with E-state index >= 15 is 0 Å². The highest BCUT2D eigenvalue weighted by molar-refractivity contribution is 6.31. The molecule has 0 bridgehead atoms. The fourth-order valence-electron chi connectivity index (χ4n) is 2.23. The molecule has 1 unspecified atom stereocenters. The minimum absolute atomic E-state index is 0.000798. The number of hydrogen-bond donors (Lipinski definition) is 1. The van der Waals surface area contributed by atoms with E-state index in [9.17, 15) is 0 Å².